The van der Waals surface area contributed by atoms with Crippen molar-refractivity contribution in [3.05, 3.63) is 59.6 Å². The number of amides is 1. The van der Waals surface area contributed by atoms with Crippen molar-refractivity contribution in [2.45, 2.75) is 25.8 Å². The van der Waals surface area contributed by atoms with Crippen molar-refractivity contribution < 1.29 is 18.0 Å². The Hall–Kier alpha value is -2.21. The smallest absolute Gasteiger partial charge is 0.222 e. The first-order chi connectivity index (χ1) is 12.1. The van der Waals surface area contributed by atoms with Gasteiger partial charge in [0.2, 0.25) is 5.91 Å². The van der Waals surface area contributed by atoms with Crippen molar-refractivity contribution in [2.75, 3.05) is 26.2 Å². The van der Waals surface area contributed by atoms with Gasteiger partial charge < -0.3 is 9.32 Å². The molecule has 1 aromatic heterocycles. The minimum atomic E-state index is -0.866. The summed E-state index contributed by atoms with van der Waals surface area (Å²) in [7, 11) is 0. The molecule has 1 aromatic carbocycles. The minimum Gasteiger partial charge on any atom is -0.472 e. The molecule has 4 nitrogen and oxygen atoms in total. The van der Waals surface area contributed by atoms with E-state index in [9.17, 15) is 13.6 Å². The Balaban J connectivity index is 1.48. The van der Waals surface area contributed by atoms with Crippen LogP contribution in [0.1, 0.15) is 24.0 Å². The molecule has 0 aliphatic carbocycles. The lowest BCUT2D eigenvalue weighted by Gasteiger charge is -2.21. The fraction of sp³-hybridized carbons (Fsp3) is 0.421. The molecule has 0 saturated carbocycles. The van der Waals surface area contributed by atoms with Crippen LogP contribution in [-0.4, -0.2) is 41.9 Å². The zero-order chi connectivity index (χ0) is 17.6. The Morgan fingerprint density at radius 3 is 2.68 bits per heavy atom. The molecule has 0 N–H and O–H groups in total. The molecular formula is C19H22F2N2O2. The van der Waals surface area contributed by atoms with Gasteiger partial charge in [0.25, 0.3) is 0 Å². The molecule has 2 aromatic rings. The summed E-state index contributed by atoms with van der Waals surface area (Å²) in [4.78, 5) is 16.6. The van der Waals surface area contributed by atoms with E-state index in [-0.39, 0.29) is 5.91 Å². The number of aryl methyl sites for hydroxylation is 1. The van der Waals surface area contributed by atoms with Gasteiger partial charge in [0.05, 0.1) is 12.5 Å². The first kappa shape index (κ1) is 17.6. The van der Waals surface area contributed by atoms with Crippen LogP contribution in [0.5, 0.6) is 0 Å². The predicted molar refractivity (Wildman–Crippen MR) is 89.9 cm³/mol. The van der Waals surface area contributed by atoms with E-state index in [4.69, 9.17) is 4.42 Å². The third-order valence-corrected chi connectivity index (χ3v) is 4.54. The number of rotatable bonds is 5. The molecule has 2 heterocycles. The second-order valence-corrected chi connectivity index (χ2v) is 6.39. The Labute approximate surface area is 146 Å². The molecule has 1 fully saturated rings. The lowest BCUT2D eigenvalue weighted by atomic mass is 10.1. The van der Waals surface area contributed by atoms with E-state index in [1.54, 1.807) is 12.5 Å². The van der Waals surface area contributed by atoms with Crippen molar-refractivity contribution >= 4 is 5.91 Å². The van der Waals surface area contributed by atoms with Crippen LogP contribution >= 0.6 is 0 Å². The van der Waals surface area contributed by atoms with E-state index in [0.717, 1.165) is 50.3 Å². The summed E-state index contributed by atoms with van der Waals surface area (Å²) < 4.78 is 31.3. The Kier molecular flexibility index (Phi) is 5.81. The van der Waals surface area contributed by atoms with Gasteiger partial charge in [0.15, 0.2) is 11.6 Å². The van der Waals surface area contributed by atoms with Crippen LogP contribution in [0.25, 0.3) is 0 Å². The number of halogens is 2. The summed E-state index contributed by atoms with van der Waals surface area (Å²) in [6.45, 7) is 4.01. The van der Waals surface area contributed by atoms with Gasteiger partial charge >= 0.3 is 0 Å². The molecule has 0 atom stereocenters. The number of furan rings is 1. The maximum atomic E-state index is 13.2. The molecule has 0 unspecified atom stereocenters. The summed E-state index contributed by atoms with van der Waals surface area (Å²) in [5.74, 6) is -1.66. The van der Waals surface area contributed by atoms with E-state index in [1.165, 1.54) is 6.07 Å². The molecule has 25 heavy (non-hydrogen) atoms. The van der Waals surface area contributed by atoms with Crippen LogP contribution in [-0.2, 0) is 17.8 Å². The Morgan fingerprint density at radius 1 is 1.04 bits per heavy atom. The SMILES string of the molecule is O=C(CCc1ccc(F)c(F)c1)N1CCCN(Cc2ccoc2)CC1. The average molecular weight is 348 g/mol. The van der Waals surface area contributed by atoms with Crippen LogP contribution < -0.4 is 0 Å². The highest BCUT2D eigenvalue weighted by Crippen LogP contribution is 2.13. The van der Waals surface area contributed by atoms with Gasteiger partial charge in [0, 0.05) is 44.7 Å². The Bertz CT molecular complexity index is 703. The second kappa shape index (κ2) is 8.25. The topological polar surface area (TPSA) is 36.7 Å². The zero-order valence-electron chi connectivity index (χ0n) is 14.1. The minimum absolute atomic E-state index is 0.0647. The average Bonchev–Trinajstić information content (AvgIpc) is 3.00. The normalized spacial score (nSPS) is 16.0. The van der Waals surface area contributed by atoms with Crippen LogP contribution in [0.3, 0.4) is 0 Å². The molecule has 1 saturated heterocycles. The highest BCUT2D eigenvalue weighted by atomic mass is 19.2. The molecule has 0 bridgehead atoms. The van der Waals surface area contributed by atoms with Gasteiger partial charge in [-0.25, -0.2) is 8.78 Å². The maximum absolute atomic E-state index is 13.2. The second-order valence-electron chi connectivity index (χ2n) is 6.39. The van der Waals surface area contributed by atoms with Gasteiger partial charge in [-0.15, -0.1) is 0 Å². The molecule has 134 valence electrons. The molecule has 6 heteroatoms. The quantitative estimate of drug-likeness (QED) is 0.832. The molecule has 1 amide bonds. The lowest BCUT2D eigenvalue weighted by Crippen LogP contribution is -2.35. The molecular weight excluding hydrogens is 326 g/mol. The summed E-state index contributed by atoms with van der Waals surface area (Å²) in [5, 5.41) is 0. The van der Waals surface area contributed by atoms with E-state index in [1.807, 2.05) is 11.0 Å². The summed E-state index contributed by atoms with van der Waals surface area (Å²) in [6, 6.07) is 5.75. The number of carbonyl (C=O) groups excluding carboxylic acids is 1. The van der Waals surface area contributed by atoms with Crippen LogP contribution in [0.4, 0.5) is 8.78 Å². The van der Waals surface area contributed by atoms with Gasteiger partial charge in [-0.3, -0.25) is 9.69 Å². The van der Waals surface area contributed by atoms with Crippen molar-refractivity contribution in [3.8, 4) is 0 Å². The van der Waals surface area contributed by atoms with Crippen molar-refractivity contribution in [2.24, 2.45) is 0 Å². The largest absolute Gasteiger partial charge is 0.472 e. The van der Waals surface area contributed by atoms with Gasteiger partial charge in [-0.05, 0) is 36.6 Å². The third-order valence-electron chi connectivity index (χ3n) is 4.54. The highest BCUT2D eigenvalue weighted by Gasteiger charge is 2.19. The van der Waals surface area contributed by atoms with Crippen LogP contribution in [0.15, 0.2) is 41.2 Å². The number of hydrogen-bond acceptors (Lipinski definition) is 3. The third kappa shape index (κ3) is 4.89. The fourth-order valence-corrected chi connectivity index (χ4v) is 3.12. The van der Waals surface area contributed by atoms with Gasteiger partial charge in [-0.2, -0.15) is 0 Å². The van der Waals surface area contributed by atoms with Crippen molar-refractivity contribution in [3.63, 3.8) is 0 Å². The van der Waals surface area contributed by atoms with E-state index >= 15 is 0 Å². The zero-order valence-corrected chi connectivity index (χ0v) is 14.1. The number of nitrogens with zero attached hydrogens (tertiary/aromatic N) is 2. The van der Waals surface area contributed by atoms with Crippen molar-refractivity contribution in [1.29, 1.82) is 0 Å². The summed E-state index contributed by atoms with van der Waals surface area (Å²) in [5.41, 5.74) is 1.78. The predicted octanol–water partition coefficient (Wildman–Crippen LogP) is 3.22. The van der Waals surface area contributed by atoms with E-state index < -0.39 is 11.6 Å². The van der Waals surface area contributed by atoms with E-state index in [2.05, 4.69) is 4.90 Å². The fourth-order valence-electron chi connectivity index (χ4n) is 3.12. The van der Waals surface area contributed by atoms with Crippen molar-refractivity contribution in [1.82, 2.24) is 9.80 Å². The standard InChI is InChI=1S/C19H22F2N2O2/c20-17-4-2-15(12-18(17)21)3-5-19(24)23-8-1-7-22(9-10-23)13-16-6-11-25-14-16/h2,4,6,11-12,14H,1,3,5,7-10,13H2. The van der Waals surface area contributed by atoms with Gasteiger partial charge in [-0.1, -0.05) is 6.07 Å². The molecule has 0 spiro atoms. The monoisotopic (exact) mass is 348 g/mol. The molecule has 1 aliphatic heterocycles. The number of hydrogen-bond donors (Lipinski definition) is 0. The van der Waals surface area contributed by atoms with Gasteiger partial charge in [0.1, 0.15) is 0 Å². The van der Waals surface area contributed by atoms with Crippen LogP contribution in [0.2, 0.25) is 0 Å². The lowest BCUT2D eigenvalue weighted by molar-refractivity contribution is -0.131. The molecule has 1 aliphatic rings. The summed E-state index contributed by atoms with van der Waals surface area (Å²) >= 11 is 0. The number of carbonyl (C=O) groups is 1. The van der Waals surface area contributed by atoms with Crippen LogP contribution in [0, 0.1) is 11.6 Å². The first-order valence-electron chi connectivity index (χ1n) is 8.57. The number of benzene rings is 1. The summed E-state index contributed by atoms with van der Waals surface area (Å²) in [6.07, 6.45) is 5.07. The molecule has 3 rings (SSSR count). The molecule has 0 radical (unpaired) electrons. The highest BCUT2D eigenvalue weighted by molar-refractivity contribution is 5.76. The maximum Gasteiger partial charge on any atom is 0.222 e. The van der Waals surface area contributed by atoms with E-state index in [0.29, 0.717) is 24.9 Å². The Morgan fingerprint density at radius 2 is 1.92 bits per heavy atom. The first-order valence-corrected chi connectivity index (χ1v) is 8.57.